The molecular weight excluding hydrogens is 193 g/mol. The largest absolute Gasteiger partial charge is 0.326 e. The van der Waals surface area contributed by atoms with Crippen LogP contribution in [-0.2, 0) is 6.54 Å². The molecule has 0 saturated carbocycles. The molecule has 0 amide bonds. The maximum atomic E-state index is 13.6. The first-order chi connectivity index (χ1) is 7.22. The van der Waals surface area contributed by atoms with Gasteiger partial charge in [-0.15, -0.1) is 0 Å². The monoisotopic (exact) mass is 205 g/mol. The van der Waals surface area contributed by atoms with Gasteiger partial charge in [-0.2, -0.15) is 5.10 Å². The summed E-state index contributed by atoms with van der Waals surface area (Å²) in [6.07, 6.45) is 1.73. The topological polar surface area (TPSA) is 43.8 Å². The van der Waals surface area contributed by atoms with Crippen LogP contribution < -0.4 is 5.73 Å². The zero-order chi connectivity index (χ0) is 10.8. The van der Waals surface area contributed by atoms with E-state index in [1.807, 2.05) is 13.0 Å². The van der Waals surface area contributed by atoms with Gasteiger partial charge in [0.2, 0.25) is 0 Å². The SMILES string of the molecule is Cc1ccn(-c2c(F)cccc2CN)n1. The molecule has 15 heavy (non-hydrogen) atoms. The Morgan fingerprint density at radius 2 is 2.20 bits per heavy atom. The Morgan fingerprint density at radius 1 is 1.40 bits per heavy atom. The zero-order valence-corrected chi connectivity index (χ0v) is 8.44. The Hall–Kier alpha value is -1.68. The molecule has 0 radical (unpaired) electrons. The molecule has 0 saturated heterocycles. The summed E-state index contributed by atoms with van der Waals surface area (Å²) < 4.78 is 15.1. The fourth-order valence-corrected chi connectivity index (χ4v) is 1.52. The molecule has 0 aliphatic carbocycles. The Kier molecular flexibility index (Phi) is 2.51. The average Bonchev–Trinajstić information content (AvgIpc) is 2.64. The summed E-state index contributed by atoms with van der Waals surface area (Å²) in [6.45, 7) is 2.16. The van der Waals surface area contributed by atoms with Crippen molar-refractivity contribution in [1.82, 2.24) is 9.78 Å². The van der Waals surface area contributed by atoms with Crippen molar-refractivity contribution >= 4 is 0 Å². The van der Waals surface area contributed by atoms with Crippen LogP contribution in [0.5, 0.6) is 0 Å². The van der Waals surface area contributed by atoms with E-state index in [-0.39, 0.29) is 5.82 Å². The highest BCUT2D eigenvalue weighted by molar-refractivity contribution is 5.41. The number of nitrogens with two attached hydrogens (primary N) is 1. The van der Waals surface area contributed by atoms with Crippen LogP contribution in [0.1, 0.15) is 11.3 Å². The molecule has 0 bridgehead atoms. The van der Waals surface area contributed by atoms with Gasteiger partial charge in [-0.25, -0.2) is 9.07 Å². The lowest BCUT2D eigenvalue weighted by molar-refractivity contribution is 0.606. The van der Waals surface area contributed by atoms with Gasteiger partial charge >= 0.3 is 0 Å². The maximum Gasteiger partial charge on any atom is 0.149 e. The third-order valence-corrected chi connectivity index (χ3v) is 2.24. The Labute approximate surface area is 87.3 Å². The minimum atomic E-state index is -0.305. The summed E-state index contributed by atoms with van der Waals surface area (Å²) in [5, 5.41) is 4.17. The molecule has 2 rings (SSSR count). The van der Waals surface area contributed by atoms with Crippen LogP contribution in [0.15, 0.2) is 30.5 Å². The maximum absolute atomic E-state index is 13.6. The molecule has 1 aromatic carbocycles. The predicted molar refractivity (Wildman–Crippen MR) is 56.2 cm³/mol. The highest BCUT2D eigenvalue weighted by atomic mass is 19.1. The first-order valence-corrected chi connectivity index (χ1v) is 4.72. The van der Waals surface area contributed by atoms with Crippen LogP contribution in [0, 0.1) is 12.7 Å². The molecule has 0 fully saturated rings. The molecule has 4 heteroatoms. The molecule has 2 aromatic rings. The highest BCUT2D eigenvalue weighted by Gasteiger charge is 2.09. The van der Waals surface area contributed by atoms with E-state index in [1.54, 1.807) is 18.3 Å². The van der Waals surface area contributed by atoms with Crippen molar-refractivity contribution in [1.29, 1.82) is 0 Å². The summed E-state index contributed by atoms with van der Waals surface area (Å²) in [5.41, 5.74) is 7.59. The van der Waals surface area contributed by atoms with E-state index >= 15 is 0 Å². The van der Waals surface area contributed by atoms with Crippen molar-refractivity contribution in [2.24, 2.45) is 5.73 Å². The molecule has 0 aliphatic heterocycles. The van der Waals surface area contributed by atoms with Crippen LogP contribution in [0.2, 0.25) is 0 Å². The second-order valence-electron chi connectivity index (χ2n) is 3.35. The van der Waals surface area contributed by atoms with Crippen LogP contribution in [0.4, 0.5) is 4.39 Å². The molecule has 0 unspecified atom stereocenters. The van der Waals surface area contributed by atoms with Gasteiger partial charge in [0.05, 0.1) is 5.69 Å². The van der Waals surface area contributed by atoms with Gasteiger partial charge in [-0.3, -0.25) is 0 Å². The van der Waals surface area contributed by atoms with E-state index in [0.717, 1.165) is 11.3 Å². The lowest BCUT2D eigenvalue weighted by atomic mass is 10.1. The fraction of sp³-hybridized carbons (Fsp3) is 0.182. The molecule has 78 valence electrons. The van der Waals surface area contributed by atoms with Crippen LogP contribution in [0.25, 0.3) is 5.69 Å². The standard InChI is InChI=1S/C11H12FN3/c1-8-5-6-15(14-8)11-9(7-13)3-2-4-10(11)12/h2-6H,7,13H2,1H3. The Balaban J connectivity index is 2.60. The minimum absolute atomic E-state index is 0.298. The molecule has 0 aliphatic rings. The van der Waals surface area contributed by atoms with Gasteiger partial charge in [-0.05, 0) is 24.6 Å². The number of para-hydroxylation sites is 1. The normalized spacial score (nSPS) is 10.6. The summed E-state index contributed by atoms with van der Waals surface area (Å²) in [6, 6.07) is 6.69. The van der Waals surface area contributed by atoms with Crippen molar-refractivity contribution in [3.05, 3.63) is 47.5 Å². The quantitative estimate of drug-likeness (QED) is 0.812. The Morgan fingerprint density at radius 3 is 2.80 bits per heavy atom. The Bertz CT molecular complexity index is 476. The predicted octanol–water partition coefficient (Wildman–Crippen LogP) is 1.78. The number of benzene rings is 1. The molecule has 0 spiro atoms. The van der Waals surface area contributed by atoms with Crippen molar-refractivity contribution in [3.8, 4) is 5.69 Å². The second kappa shape index (κ2) is 3.82. The van der Waals surface area contributed by atoms with Crippen molar-refractivity contribution in [2.45, 2.75) is 13.5 Å². The van der Waals surface area contributed by atoms with E-state index < -0.39 is 0 Å². The highest BCUT2D eigenvalue weighted by Crippen LogP contribution is 2.17. The number of aromatic nitrogens is 2. The summed E-state index contributed by atoms with van der Waals surface area (Å²) in [4.78, 5) is 0. The van der Waals surface area contributed by atoms with E-state index in [2.05, 4.69) is 5.10 Å². The lowest BCUT2D eigenvalue weighted by Gasteiger charge is -2.08. The van der Waals surface area contributed by atoms with E-state index in [4.69, 9.17) is 5.73 Å². The average molecular weight is 205 g/mol. The van der Waals surface area contributed by atoms with Crippen molar-refractivity contribution in [2.75, 3.05) is 0 Å². The van der Waals surface area contributed by atoms with Crippen molar-refractivity contribution < 1.29 is 4.39 Å². The third-order valence-electron chi connectivity index (χ3n) is 2.24. The molecule has 0 atom stereocenters. The first-order valence-electron chi connectivity index (χ1n) is 4.72. The molecule has 1 aromatic heterocycles. The van der Waals surface area contributed by atoms with Crippen LogP contribution in [0.3, 0.4) is 0 Å². The number of rotatable bonds is 2. The van der Waals surface area contributed by atoms with Crippen LogP contribution >= 0.6 is 0 Å². The number of hydrogen-bond acceptors (Lipinski definition) is 2. The number of hydrogen-bond donors (Lipinski definition) is 1. The summed E-state index contributed by atoms with van der Waals surface area (Å²) in [7, 11) is 0. The number of halogens is 1. The van der Waals surface area contributed by atoms with Gasteiger partial charge in [0.25, 0.3) is 0 Å². The lowest BCUT2D eigenvalue weighted by Crippen LogP contribution is -2.07. The van der Waals surface area contributed by atoms with Gasteiger partial charge < -0.3 is 5.73 Å². The van der Waals surface area contributed by atoms with Gasteiger partial charge in [0.15, 0.2) is 0 Å². The van der Waals surface area contributed by atoms with Gasteiger partial charge in [0.1, 0.15) is 11.5 Å². The summed E-state index contributed by atoms with van der Waals surface area (Å²) in [5.74, 6) is -0.305. The molecular formula is C11H12FN3. The van der Waals surface area contributed by atoms with Crippen LogP contribution in [-0.4, -0.2) is 9.78 Å². The zero-order valence-electron chi connectivity index (χ0n) is 8.44. The minimum Gasteiger partial charge on any atom is -0.326 e. The van der Waals surface area contributed by atoms with Crippen molar-refractivity contribution in [3.63, 3.8) is 0 Å². The second-order valence-corrected chi connectivity index (χ2v) is 3.35. The van der Waals surface area contributed by atoms with Gasteiger partial charge in [-0.1, -0.05) is 12.1 Å². The molecule has 3 nitrogen and oxygen atoms in total. The summed E-state index contributed by atoms with van der Waals surface area (Å²) >= 11 is 0. The van der Waals surface area contributed by atoms with E-state index in [9.17, 15) is 4.39 Å². The first kappa shape index (κ1) is 9.86. The van der Waals surface area contributed by atoms with Gasteiger partial charge in [0, 0.05) is 12.7 Å². The molecule has 2 N–H and O–H groups in total. The smallest absolute Gasteiger partial charge is 0.149 e. The van der Waals surface area contributed by atoms with E-state index in [0.29, 0.717) is 12.2 Å². The number of aryl methyl sites for hydroxylation is 1. The number of nitrogens with zero attached hydrogens (tertiary/aromatic N) is 2. The van der Waals surface area contributed by atoms with E-state index in [1.165, 1.54) is 10.7 Å². The third kappa shape index (κ3) is 1.76. The molecule has 1 heterocycles. The fourth-order valence-electron chi connectivity index (χ4n) is 1.52.